The van der Waals surface area contributed by atoms with Crippen LogP contribution in [-0.2, 0) is 0 Å². The summed E-state index contributed by atoms with van der Waals surface area (Å²) in [5, 5.41) is 13.3. The lowest BCUT2D eigenvalue weighted by Crippen LogP contribution is -2.39. The zero-order valence-electron chi connectivity index (χ0n) is 13.1. The molecule has 1 aliphatic rings. The Labute approximate surface area is 147 Å². The van der Waals surface area contributed by atoms with E-state index in [2.05, 4.69) is 26.0 Å². The first-order valence-electron chi connectivity index (χ1n) is 7.65. The molecule has 1 N–H and O–H groups in total. The minimum Gasteiger partial charge on any atom is -0.478 e. The molecule has 0 spiro atoms. The highest BCUT2D eigenvalue weighted by Crippen LogP contribution is 2.26. The van der Waals surface area contributed by atoms with E-state index in [1.54, 1.807) is 30.1 Å². The molecule has 7 nitrogen and oxygen atoms in total. The van der Waals surface area contributed by atoms with Crippen LogP contribution in [0.5, 0.6) is 0 Å². The molecule has 126 valence electrons. The number of aromatic nitrogens is 3. The van der Waals surface area contributed by atoms with Gasteiger partial charge in [-0.05, 0) is 41.8 Å². The molecule has 0 saturated carbocycles. The zero-order valence-corrected chi connectivity index (χ0v) is 14.7. The van der Waals surface area contributed by atoms with Crippen LogP contribution < -0.4 is 0 Å². The van der Waals surface area contributed by atoms with Crippen molar-refractivity contribution < 1.29 is 14.7 Å². The predicted octanol–water partition coefficient (Wildman–Crippen LogP) is 2.52. The third-order valence-electron chi connectivity index (χ3n) is 4.38. The van der Waals surface area contributed by atoms with E-state index >= 15 is 0 Å². The van der Waals surface area contributed by atoms with E-state index in [1.165, 1.54) is 6.20 Å². The summed E-state index contributed by atoms with van der Waals surface area (Å²) in [5.74, 6) is -0.986. The van der Waals surface area contributed by atoms with Gasteiger partial charge in [-0.2, -0.15) is 5.10 Å². The lowest BCUT2D eigenvalue weighted by molar-refractivity contribution is 0.0687. The highest BCUT2D eigenvalue weighted by atomic mass is 79.9. The molecule has 0 unspecified atom stereocenters. The summed E-state index contributed by atoms with van der Waals surface area (Å²) in [6, 6.07) is 1.82. The molecule has 0 aliphatic carbocycles. The Balaban J connectivity index is 1.69. The fourth-order valence-corrected chi connectivity index (χ4v) is 3.45. The summed E-state index contributed by atoms with van der Waals surface area (Å²) in [4.78, 5) is 29.5. The van der Waals surface area contributed by atoms with Gasteiger partial charge in [-0.3, -0.25) is 14.5 Å². The summed E-state index contributed by atoms with van der Waals surface area (Å²) in [6.07, 6.45) is 6.10. The monoisotopic (exact) mass is 392 g/mol. The first kappa shape index (κ1) is 16.6. The quantitative estimate of drug-likeness (QED) is 0.866. The summed E-state index contributed by atoms with van der Waals surface area (Å²) in [6.45, 7) is 2.99. The maximum atomic E-state index is 12.6. The van der Waals surface area contributed by atoms with Gasteiger partial charge in [0.15, 0.2) is 0 Å². The van der Waals surface area contributed by atoms with Crippen LogP contribution >= 0.6 is 15.9 Å². The molecular weight excluding hydrogens is 376 g/mol. The molecule has 3 heterocycles. The summed E-state index contributed by atoms with van der Waals surface area (Å²) in [5.41, 5.74) is 1.49. The first-order chi connectivity index (χ1) is 11.5. The summed E-state index contributed by atoms with van der Waals surface area (Å²) >= 11 is 3.36. The Morgan fingerprint density at radius 2 is 1.96 bits per heavy atom. The van der Waals surface area contributed by atoms with Gasteiger partial charge >= 0.3 is 5.97 Å². The van der Waals surface area contributed by atoms with Crippen molar-refractivity contribution in [2.75, 3.05) is 13.1 Å². The van der Waals surface area contributed by atoms with Crippen molar-refractivity contribution in [1.82, 2.24) is 19.7 Å². The van der Waals surface area contributed by atoms with Crippen LogP contribution in [-0.4, -0.2) is 49.7 Å². The second-order valence-electron chi connectivity index (χ2n) is 5.77. The number of halogens is 1. The second-order valence-corrected chi connectivity index (χ2v) is 6.63. The molecule has 1 amide bonds. The maximum Gasteiger partial charge on any atom is 0.339 e. The SMILES string of the molecule is Cc1c(C(=O)O)cnn1C1CCN(C(=O)c2ccncc2Br)CC1. The van der Waals surface area contributed by atoms with Crippen molar-refractivity contribution in [3.8, 4) is 0 Å². The molecule has 0 atom stereocenters. The van der Waals surface area contributed by atoms with Gasteiger partial charge in [0.1, 0.15) is 5.56 Å². The van der Waals surface area contributed by atoms with Crippen LogP contribution in [0.3, 0.4) is 0 Å². The van der Waals surface area contributed by atoms with Gasteiger partial charge in [0.25, 0.3) is 5.91 Å². The molecule has 24 heavy (non-hydrogen) atoms. The number of pyridine rings is 1. The number of rotatable bonds is 3. The normalized spacial score (nSPS) is 15.5. The van der Waals surface area contributed by atoms with Gasteiger partial charge in [-0.25, -0.2) is 4.79 Å². The number of hydrogen-bond donors (Lipinski definition) is 1. The van der Waals surface area contributed by atoms with Crippen LogP contribution in [0.2, 0.25) is 0 Å². The fourth-order valence-electron chi connectivity index (χ4n) is 3.03. The van der Waals surface area contributed by atoms with Crippen LogP contribution in [0.25, 0.3) is 0 Å². The zero-order chi connectivity index (χ0) is 17.3. The molecule has 2 aromatic heterocycles. The van der Waals surface area contributed by atoms with Gasteiger partial charge in [-0.1, -0.05) is 0 Å². The fraction of sp³-hybridized carbons (Fsp3) is 0.375. The molecule has 1 fully saturated rings. The summed E-state index contributed by atoms with van der Waals surface area (Å²) in [7, 11) is 0. The van der Waals surface area contributed by atoms with Crippen molar-refractivity contribution >= 4 is 27.8 Å². The average molecular weight is 393 g/mol. The molecule has 0 radical (unpaired) electrons. The molecule has 1 saturated heterocycles. The maximum absolute atomic E-state index is 12.6. The molecule has 3 rings (SSSR count). The van der Waals surface area contributed by atoms with Gasteiger partial charge in [0.05, 0.1) is 23.5 Å². The topological polar surface area (TPSA) is 88.3 Å². The first-order valence-corrected chi connectivity index (χ1v) is 8.44. The number of aromatic carboxylic acids is 1. The van der Waals surface area contributed by atoms with E-state index in [1.807, 2.05) is 4.90 Å². The second kappa shape index (κ2) is 6.72. The standard InChI is InChI=1S/C16H17BrN4O3/c1-10-13(16(23)24)8-19-21(10)11-3-6-20(7-4-11)15(22)12-2-5-18-9-14(12)17/h2,5,8-9,11H,3-4,6-7H2,1H3,(H,23,24). The molecule has 2 aromatic rings. The Morgan fingerprint density at radius 3 is 2.54 bits per heavy atom. The van der Waals surface area contributed by atoms with E-state index < -0.39 is 5.97 Å². The smallest absolute Gasteiger partial charge is 0.339 e. The van der Waals surface area contributed by atoms with Crippen LogP contribution in [0, 0.1) is 6.92 Å². The van der Waals surface area contributed by atoms with E-state index in [0.29, 0.717) is 28.8 Å². The number of carboxylic acids is 1. The number of carbonyl (C=O) groups excluding carboxylic acids is 1. The third-order valence-corrected chi connectivity index (χ3v) is 5.01. The highest BCUT2D eigenvalue weighted by Gasteiger charge is 2.27. The Hall–Kier alpha value is -2.22. The van der Waals surface area contributed by atoms with Crippen molar-refractivity contribution in [2.24, 2.45) is 0 Å². The highest BCUT2D eigenvalue weighted by molar-refractivity contribution is 9.10. The number of hydrogen-bond acceptors (Lipinski definition) is 4. The van der Waals surface area contributed by atoms with Crippen molar-refractivity contribution in [3.63, 3.8) is 0 Å². The Morgan fingerprint density at radius 1 is 1.25 bits per heavy atom. The van der Waals surface area contributed by atoms with E-state index in [4.69, 9.17) is 5.11 Å². The molecular formula is C16H17BrN4O3. The largest absolute Gasteiger partial charge is 0.478 e. The van der Waals surface area contributed by atoms with Gasteiger partial charge in [0.2, 0.25) is 0 Å². The summed E-state index contributed by atoms with van der Waals surface area (Å²) < 4.78 is 2.46. The van der Waals surface area contributed by atoms with E-state index in [9.17, 15) is 9.59 Å². The van der Waals surface area contributed by atoms with Gasteiger partial charge in [0, 0.05) is 30.0 Å². The van der Waals surface area contributed by atoms with Crippen molar-refractivity contribution in [3.05, 3.63) is 46.0 Å². The van der Waals surface area contributed by atoms with Gasteiger partial charge in [-0.15, -0.1) is 0 Å². The lowest BCUT2D eigenvalue weighted by Gasteiger charge is -2.32. The predicted molar refractivity (Wildman–Crippen MR) is 90.0 cm³/mol. The van der Waals surface area contributed by atoms with Crippen molar-refractivity contribution in [1.29, 1.82) is 0 Å². The number of carboxylic acid groups (broad SMARTS) is 1. The van der Waals surface area contributed by atoms with Crippen LogP contribution in [0.4, 0.5) is 0 Å². The Kier molecular flexibility index (Phi) is 4.66. The lowest BCUT2D eigenvalue weighted by atomic mass is 10.0. The Bertz CT molecular complexity index is 781. The van der Waals surface area contributed by atoms with Crippen LogP contribution in [0.15, 0.2) is 29.1 Å². The number of carbonyl (C=O) groups is 2. The van der Waals surface area contributed by atoms with E-state index in [-0.39, 0.29) is 17.5 Å². The number of likely N-dealkylation sites (tertiary alicyclic amines) is 1. The molecule has 8 heteroatoms. The molecule has 0 bridgehead atoms. The van der Waals surface area contributed by atoms with E-state index in [0.717, 1.165) is 12.8 Å². The van der Waals surface area contributed by atoms with Crippen LogP contribution in [0.1, 0.15) is 45.3 Å². The minimum atomic E-state index is -0.964. The average Bonchev–Trinajstić information content (AvgIpc) is 2.96. The third kappa shape index (κ3) is 3.06. The molecule has 1 aliphatic heterocycles. The number of piperidine rings is 1. The number of nitrogens with zero attached hydrogens (tertiary/aromatic N) is 4. The minimum absolute atomic E-state index is 0.0221. The number of amides is 1. The van der Waals surface area contributed by atoms with Crippen molar-refractivity contribution in [2.45, 2.75) is 25.8 Å². The molecule has 0 aromatic carbocycles. The van der Waals surface area contributed by atoms with Gasteiger partial charge < -0.3 is 10.0 Å².